The molecule has 0 radical (unpaired) electrons. The van der Waals surface area contributed by atoms with Crippen molar-refractivity contribution in [3.8, 4) is 0 Å². The molecule has 0 atom stereocenters. The summed E-state index contributed by atoms with van der Waals surface area (Å²) in [5.74, 6) is -0.241. The summed E-state index contributed by atoms with van der Waals surface area (Å²) >= 11 is 0. The Labute approximate surface area is 132 Å². The van der Waals surface area contributed by atoms with Crippen molar-refractivity contribution in [3.05, 3.63) is 35.4 Å². The van der Waals surface area contributed by atoms with Gasteiger partial charge in [-0.2, -0.15) is 0 Å². The lowest BCUT2D eigenvalue weighted by atomic mass is 10.0. The fourth-order valence-electron chi connectivity index (χ4n) is 2.58. The number of hydrogen-bond donors (Lipinski definition) is 2. The fraction of sp³-hybridized carbons (Fsp3) is 0.556. The standard InChI is InChI=1S/C18H26N2O2/c1-3-4-7-12-19-16(21)18(10-11-18)17(22)20-13-15-9-6-5-8-14(15)2/h5-6,8-9H,3-4,7,10-13H2,1-2H3,(H,19,21)(H,20,22). The molecular weight excluding hydrogens is 276 g/mol. The molecule has 0 heterocycles. The third-order valence-corrected chi connectivity index (χ3v) is 4.39. The summed E-state index contributed by atoms with van der Waals surface area (Å²) in [4.78, 5) is 24.6. The second-order valence-electron chi connectivity index (χ2n) is 6.15. The zero-order valence-corrected chi connectivity index (χ0v) is 13.6. The molecule has 2 rings (SSSR count). The molecule has 2 N–H and O–H groups in total. The Kier molecular flexibility index (Phi) is 5.58. The van der Waals surface area contributed by atoms with E-state index in [0.717, 1.165) is 30.4 Å². The largest absolute Gasteiger partial charge is 0.355 e. The zero-order chi connectivity index (χ0) is 16.0. The van der Waals surface area contributed by atoms with Gasteiger partial charge in [0.25, 0.3) is 0 Å². The van der Waals surface area contributed by atoms with E-state index in [4.69, 9.17) is 0 Å². The van der Waals surface area contributed by atoms with E-state index in [9.17, 15) is 9.59 Å². The van der Waals surface area contributed by atoms with Gasteiger partial charge in [-0.25, -0.2) is 0 Å². The molecule has 1 aromatic rings. The van der Waals surface area contributed by atoms with Crippen molar-refractivity contribution in [1.82, 2.24) is 10.6 Å². The van der Waals surface area contributed by atoms with Crippen LogP contribution in [0.2, 0.25) is 0 Å². The van der Waals surface area contributed by atoms with Gasteiger partial charge >= 0.3 is 0 Å². The molecule has 1 aliphatic rings. The van der Waals surface area contributed by atoms with Crippen molar-refractivity contribution in [2.24, 2.45) is 5.41 Å². The summed E-state index contributed by atoms with van der Waals surface area (Å²) in [6, 6.07) is 7.96. The van der Waals surface area contributed by atoms with Crippen LogP contribution in [-0.4, -0.2) is 18.4 Å². The Morgan fingerprint density at radius 3 is 2.41 bits per heavy atom. The van der Waals surface area contributed by atoms with Gasteiger partial charge in [-0.15, -0.1) is 0 Å². The number of carbonyl (C=O) groups excluding carboxylic acids is 2. The maximum atomic E-state index is 12.4. The van der Waals surface area contributed by atoms with Crippen LogP contribution in [0.3, 0.4) is 0 Å². The highest BCUT2D eigenvalue weighted by Crippen LogP contribution is 2.46. The summed E-state index contributed by atoms with van der Waals surface area (Å²) in [6.07, 6.45) is 4.52. The number of aryl methyl sites for hydroxylation is 1. The van der Waals surface area contributed by atoms with E-state index < -0.39 is 5.41 Å². The second-order valence-corrected chi connectivity index (χ2v) is 6.15. The highest BCUT2D eigenvalue weighted by Gasteiger charge is 2.56. The average Bonchev–Trinajstić information content (AvgIpc) is 3.32. The topological polar surface area (TPSA) is 58.2 Å². The number of unbranched alkanes of at least 4 members (excludes halogenated alkanes) is 2. The second kappa shape index (κ2) is 7.43. The first kappa shape index (κ1) is 16.5. The average molecular weight is 302 g/mol. The third-order valence-electron chi connectivity index (χ3n) is 4.39. The van der Waals surface area contributed by atoms with Gasteiger partial charge in [0.05, 0.1) is 0 Å². The molecule has 0 spiro atoms. The molecule has 1 saturated carbocycles. The van der Waals surface area contributed by atoms with Crippen molar-refractivity contribution in [3.63, 3.8) is 0 Å². The molecule has 4 nitrogen and oxygen atoms in total. The Balaban J connectivity index is 1.83. The van der Waals surface area contributed by atoms with Gasteiger partial charge < -0.3 is 10.6 Å². The van der Waals surface area contributed by atoms with E-state index >= 15 is 0 Å². The normalized spacial score (nSPS) is 15.2. The van der Waals surface area contributed by atoms with Crippen LogP contribution in [0.25, 0.3) is 0 Å². The first-order valence-corrected chi connectivity index (χ1v) is 8.21. The van der Waals surface area contributed by atoms with Gasteiger partial charge in [0.1, 0.15) is 5.41 Å². The minimum absolute atomic E-state index is 0.106. The Morgan fingerprint density at radius 2 is 1.77 bits per heavy atom. The number of rotatable bonds is 8. The van der Waals surface area contributed by atoms with E-state index in [1.54, 1.807) is 0 Å². The minimum Gasteiger partial charge on any atom is -0.355 e. The van der Waals surface area contributed by atoms with Gasteiger partial charge in [-0.1, -0.05) is 44.0 Å². The molecule has 0 aromatic heterocycles. The number of nitrogens with one attached hydrogen (secondary N) is 2. The third kappa shape index (κ3) is 3.87. The molecule has 1 aromatic carbocycles. The monoisotopic (exact) mass is 302 g/mol. The first-order valence-electron chi connectivity index (χ1n) is 8.21. The molecule has 0 saturated heterocycles. The lowest BCUT2D eigenvalue weighted by molar-refractivity contribution is -0.137. The summed E-state index contributed by atoms with van der Waals surface area (Å²) in [5.41, 5.74) is 1.43. The van der Waals surface area contributed by atoms with Crippen LogP contribution in [-0.2, 0) is 16.1 Å². The number of amides is 2. The van der Waals surface area contributed by atoms with Crippen molar-refractivity contribution >= 4 is 11.8 Å². The quantitative estimate of drug-likeness (QED) is 0.573. The molecule has 1 aliphatic carbocycles. The van der Waals surface area contributed by atoms with Crippen LogP contribution in [0.4, 0.5) is 0 Å². The predicted molar refractivity (Wildman–Crippen MR) is 87.2 cm³/mol. The maximum Gasteiger partial charge on any atom is 0.235 e. The van der Waals surface area contributed by atoms with E-state index in [1.165, 1.54) is 0 Å². The molecule has 0 aliphatic heterocycles. The van der Waals surface area contributed by atoms with E-state index in [-0.39, 0.29) is 11.8 Å². The van der Waals surface area contributed by atoms with Crippen molar-refractivity contribution < 1.29 is 9.59 Å². The molecule has 2 amide bonds. The summed E-state index contributed by atoms with van der Waals surface area (Å²) in [7, 11) is 0. The van der Waals surface area contributed by atoms with Gasteiger partial charge in [0, 0.05) is 13.1 Å². The predicted octanol–water partition coefficient (Wildman–Crippen LogP) is 2.70. The highest BCUT2D eigenvalue weighted by molar-refractivity contribution is 6.07. The lowest BCUT2D eigenvalue weighted by Gasteiger charge is -2.16. The molecule has 22 heavy (non-hydrogen) atoms. The van der Waals surface area contributed by atoms with Crippen LogP contribution in [0, 0.1) is 12.3 Å². The summed E-state index contributed by atoms with van der Waals surface area (Å²) in [6.45, 7) is 5.30. The van der Waals surface area contributed by atoms with E-state index in [1.807, 2.05) is 31.2 Å². The van der Waals surface area contributed by atoms with Crippen molar-refractivity contribution in [2.75, 3.05) is 6.54 Å². The van der Waals surface area contributed by atoms with Crippen LogP contribution in [0.1, 0.15) is 50.2 Å². The molecular formula is C18H26N2O2. The minimum atomic E-state index is -0.811. The number of carbonyl (C=O) groups is 2. The molecule has 0 bridgehead atoms. The Morgan fingerprint density at radius 1 is 1.09 bits per heavy atom. The van der Waals surface area contributed by atoms with Gasteiger partial charge in [0.15, 0.2) is 0 Å². The Hall–Kier alpha value is -1.84. The lowest BCUT2D eigenvalue weighted by Crippen LogP contribution is -2.43. The smallest absolute Gasteiger partial charge is 0.235 e. The first-order chi connectivity index (χ1) is 10.6. The van der Waals surface area contributed by atoms with E-state index in [0.29, 0.717) is 25.9 Å². The van der Waals surface area contributed by atoms with Crippen molar-refractivity contribution in [1.29, 1.82) is 0 Å². The van der Waals surface area contributed by atoms with E-state index in [2.05, 4.69) is 17.6 Å². The van der Waals surface area contributed by atoms with Crippen LogP contribution < -0.4 is 10.6 Å². The summed E-state index contributed by atoms with van der Waals surface area (Å²) < 4.78 is 0. The van der Waals surface area contributed by atoms with Crippen LogP contribution in [0.5, 0.6) is 0 Å². The van der Waals surface area contributed by atoms with Crippen molar-refractivity contribution in [2.45, 2.75) is 52.5 Å². The summed E-state index contributed by atoms with van der Waals surface area (Å²) in [5, 5.41) is 5.84. The van der Waals surface area contributed by atoms with Crippen LogP contribution in [0.15, 0.2) is 24.3 Å². The van der Waals surface area contributed by atoms with Crippen LogP contribution >= 0.6 is 0 Å². The molecule has 4 heteroatoms. The number of hydrogen-bond acceptors (Lipinski definition) is 2. The Bertz CT molecular complexity index is 536. The maximum absolute atomic E-state index is 12.4. The number of benzene rings is 1. The highest BCUT2D eigenvalue weighted by atomic mass is 16.2. The SMILES string of the molecule is CCCCCNC(=O)C1(C(=O)NCc2ccccc2C)CC1. The zero-order valence-electron chi connectivity index (χ0n) is 13.6. The molecule has 0 unspecified atom stereocenters. The molecule has 1 fully saturated rings. The molecule has 120 valence electrons. The van der Waals surface area contributed by atoms with Gasteiger partial charge in [0.2, 0.25) is 11.8 Å². The fourth-order valence-corrected chi connectivity index (χ4v) is 2.58. The van der Waals surface area contributed by atoms with Gasteiger partial charge in [-0.3, -0.25) is 9.59 Å². The van der Waals surface area contributed by atoms with Gasteiger partial charge in [-0.05, 0) is 37.3 Å².